The molecule has 1 amide bonds. The third kappa shape index (κ3) is 5.55. The fraction of sp³-hybridized carbons (Fsp3) is 0.273. The first-order valence-corrected chi connectivity index (χ1v) is 11.0. The van der Waals surface area contributed by atoms with Gasteiger partial charge in [-0.15, -0.1) is 0 Å². The maximum atomic E-state index is 12.4. The summed E-state index contributed by atoms with van der Waals surface area (Å²) in [7, 11) is -3.76. The average Bonchev–Trinajstić information content (AvgIpc) is 3.25. The van der Waals surface area contributed by atoms with Crippen LogP contribution in [0.4, 0.5) is 0 Å². The SMILES string of the molecule is CC(C)(C)c1ccc(S(=O)(=O)NCC(=O)NCc2ccc(-c3ccco3)nc2)cc1. The van der Waals surface area contributed by atoms with E-state index < -0.39 is 15.9 Å². The van der Waals surface area contributed by atoms with E-state index >= 15 is 0 Å². The van der Waals surface area contributed by atoms with Gasteiger partial charge in [-0.05, 0) is 46.9 Å². The Morgan fingerprint density at radius 1 is 1.07 bits per heavy atom. The number of furan rings is 1. The Morgan fingerprint density at radius 3 is 2.37 bits per heavy atom. The number of pyridine rings is 1. The van der Waals surface area contributed by atoms with Crippen molar-refractivity contribution < 1.29 is 17.6 Å². The zero-order valence-electron chi connectivity index (χ0n) is 17.2. The van der Waals surface area contributed by atoms with Crippen LogP contribution in [0.15, 0.2) is 70.3 Å². The minimum atomic E-state index is -3.76. The van der Waals surface area contributed by atoms with Crippen LogP contribution < -0.4 is 10.0 Å². The predicted molar refractivity (Wildman–Crippen MR) is 114 cm³/mol. The van der Waals surface area contributed by atoms with E-state index in [1.807, 2.05) is 12.1 Å². The predicted octanol–water partition coefficient (Wildman–Crippen LogP) is 3.23. The molecule has 0 radical (unpaired) electrons. The molecule has 0 unspecified atom stereocenters. The number of carbonyl (C=O) groups is 1. The van der Waals surface area contributed by atoms with E-state index in [9.17, 15) is 13.2 Å². The number of amides is 1. The van der Waals surface area contributed by atoms with Gasteiger partial charge in [0, 0.05) is 12.7 Å². The standard InChI is InChI=1S/C22H25N3O4S/c1-22(2,3)17-7-9-18(10-8-17)30(27,28)25-15-21(26)24-14-16-6-11-19(23-13-16)20-5-4-12-29-20/h4-13,25H,14-15H2,1-3H3,(H,24,26). The molecule has 3 rings (SSSR count). The molecule has 3 aromatic rings. The summed E-state index contributed by atoms with van der Waals surface area (Å²) in [6.07, 6.45) is 3.21. The Hall–Kier alpha value is -2.97. The van der Waals surface area contributed by atoms with Gasteiger partial charge >= 0.3 is 0 Å². The van der Waals surface area contributed by atoms with E-state index in [1.165, 1.54) is 0 Å². The van der Waals surface area contributed by atoms with Crippen LogP contribution in [0.3, 0.4) is 0 Å². The summed E-state index contributed by atoms with van der Waals surface area (Å²) in [5.74, 6) is 0.232. The van der Waals surface area contributed by atoms with Gasteiger partial charge in [-0.1, -0.05) is 39.0 Å². The largest absolute Gasteiger partial charge is 0.463 e. The molecule has 8 heteroatoms. The molecule has 0 atom stereocenters. The number of nitrogens with one attached hydrogen (secondary N) is 2. The lowest BCUT2D eigenvalue weighted by Crippen LogP contribution is -2.36. The van der Waals surface area contributed by atoms with E-state index in [-0.39, 0.29) is 23.4 Å². The van der Waals surface area contributed by atoms with Crippen molar-refractivity contribution in [1.29, 1.82) is 0 Å². The van der Waals surface area contributed by atoms with Gasteiger partial charge in [0.2, 0.25) is 15.9 Å². The maximum Gasteiger partial charge on any atom is 0.241 e. The monoisotopic (exact) mass is 427 g/mol. The maximum absolute atomic E-state index is 12.4. The minimum Gasteiger partial charge on any atom is -0.463 e. The molecule has 30 heavy (non-hydrogen) atoms. The van der Waals surface area contributed by atoms with Gasteiger partial charge in [-0.25, -0.2) is 13.1 Å². The molecule has 158 valence electrons. The van der Waals surface area contributed by atoms with Gasteiger partial charge in [-0.3, -0.25) is 9.78 Å². The highest BCUT2D eigenvalue weighted by atomic mass is 32.2. The smallest absolute Gasteiger partial charge is 0.241 e. The minimum absolute atomic E-state index is 0.0688. The van der Waals surface area contributed by atoms with Crippen LogP contribution in [0, 0.1) is 0 Å². The fourth-order valence-corrected chi connectivity index (χ4v) is 3.72. The van der Waals surface area contributed by atoms with Crippen molar-refractivity contribution >= 4 is 15.9 Å². The molecular formula is C22H25N3O4S. The lowest BCUT2D eigenvalue weighted by molar-refractivity contribution is -0.120. The third-order valence-electron chi connectivity index (χ3n) is 4.54. The molecule has 0 aliphatic heterocycles. The Morgan fingerprint density at radius 2 is 1.80 bits per heavy atom. The first-order valence-electron chi connectivity index (χ1n) is 9.51. The highest BCUT2D eigenvalue weighted by molar-refractivity contribution is 7.89. The summed E-state index contributed by atoms with van der Waals surface area (Å²) < 4.78 is 32.4. The van der Waals surface area contributed by atoms with Gasteiger partial charge in [0.1, 0.15) is 5.69 Å². The summed E-state index contributed by atoms with van der Waals surface area (Å²) in [6.45, 7) is 6.06. The Labute approximate surface area is 176 Å². The van der Waals surface area contributed by atoms with Crippen LogP contribution in [0.2, 0.25) is 0 Å². The number of nitrogens with zero attached hydrogens (tertiary/aromatic N) is 1. The second-order valence-corrected chi connectivity index (χ2v) is 9.67. The first-order chi connectivity index (χ1) is 14.1. The van der Waals surface area contributed by atoms with Crippen molar-refractivity contribution in [3.05, 3.63) is 72.1 Å². The Kier molecular flexibility index (Phi) is 6.38. The Balaban J connectivity index is 1.51. The summed E-state index contributed by atoms with van der Waals surface area (Å²) in [5.41, 5.74) is 2.45. The fourth-order valence-electron chi connectivity index (χ4n) is 2.74. The normalized spacial score (nSPS) is 12.0. The molecule has 0 fully saturated rings. The number of rotatable bonds is 7. The van der Waals surface area contributed by atoms with Crippen molar-refractivity contribution in [3.63, 3.8) is 0 Å². The molecule has 0 aliphatic rings. The summed E-state index contributed by atoms with van der Waals surface area (Å²) in [5, 5.41) is 2.68. The average molecular weight is 428 g/mol. The molecule has 0 saturated carbocycles. The zero-order chi connectivity index (χ0) is 21.8. The van der Waals surface area contributed by atoms with Crippen molar-refractivity contribution in [2.24, 2.45) is 0 Å². The second-order valence-electron chi connectivity index (χ2n) is 7.90. The summed E-state index contributed by atoms with van der Waals surface area (Å²) in [6, 6.07) is 13.9. The zero-order valence-corrected chi connectivity index (χ0v) is 18.0. The van der Waals surface area contributed by atoms with Crippen molar-refractivity contribution in [2.45, 2.75) is 37.6 Å². The summed E-state index contributed by atoms with van der Waals surface area (Å²) in [4.78, 5) is 16.5. The van der Waals surface area contributed by atoms with Gasteiger partial charge in [0.15, 0.2) is 5.76 Å². The van der Waals surface area contributed by atoms with Crippen LogP contribution in [-0.2, 0) is 26.8 Å². The third-order valence-corrected chi connectivity index (χ3v) is 5.96. The topological polar surface area (TPSA) is 101 Å². The van der Waals surface area contributed by atoms with Gasteiger partial charge < -0.3 is 9.73 Å². The second kappa shape index (κ2) is 8.81. The molecule has 7 nitrogen and oxygen atoms in total. The lowest BCUT2D eigenvalue weighted by Gasteiger charge is -2.19. The molecule has 0 aliphatic carbocycles. The van der Waals surface area contributed by atoms with E-state index in [1.54, 1.807) is 48.9 Å². The quantitative estimate of drug-likeness (QED) is 0.603. The molecule has 0 spiro atoms. The highest BCUT2D eigenvalue weighted by Crippen LogP contribution is 2.23. The van der Waals surface area contributed by atoms with Crippen LogP contribution in [0.5, 0.6) is 0 Å². The number of carbonyl (C=O) groups excluding carboxylic acids is 1. The van der Waals surface area contributed by atoms with E-state index in [4.69, 9.17) is 4.42 Å². The van der Waals surface area contributed by atoms with Gasteiger partial charge in [0.05, 0.1) is 17.7 Å². The molecule has 2 N–H and O–H groups in total. The molecular weight excluding hydrogens is 402 g/mol. The van der Waals surface area contributed by atoms with Crippen molar-refractivity contribution in [2.75, 3.05) is 6.54 Å². The molecule has 2 heterocycles. The molecule has 0 bridgehead atoms. The first kappa shape index (κ1) is 21.7. The Bertz CT molecular complexity index is 1080. The highest BCUT2D eigenvalue weighted by Gasteiger charge is 2.18. The molecule has 1 aromatic carbocycles. The number of hydrogen-bond donors (Lipinski definition) is 2. The van der Waals surface area contributed by atoms with E-state index in [2.05, 4.69) is 35.8 Å². The van der Waals surface area contributed by atoms with Gasteiger partial charge in [0.25, 0.3) is 0 Å². The number of aromatic nitrogens is 1. The lowest BCUT2D eigenvalue weighted by atomic mass is 9.87. The van der Waals surface area contributed by atoms with E-state index in [0.717, 1.165) is 11.1 Å². The van der Waals surface area contributed by atoms with E-state index in [0.29, 0.717) is 11.5 Å². The molecule has 0 saturated heterocycles. The van der Waals surface area contributed by atoms with Crippen LogP contribution >= 0.6 is 0 Å². The van der Waals surface area contributed by atoms with Crippen molar-refractivity contribution in [3.8, 4) is 11.5 Å². The number of hydrogen-bond acceptors (Lipinski definition) is 5. The van der Waals surface area contributed by atoms with Gasteiger partial charge in [-0.2, -0.15) is 0 Å². The number of benzene rings is 1. The number of sulfonamides is 1. The summed E-state index contributed by atoms with van der Waals surface area (Å²) >= 11 is 0. The van der Waals surface area contributed by atoms with Crippen LogP contribution in [-0.4, -0.2) is 25.9 Å². The molecule has 2 aromatic heterocycles. The van der Waals surface area contributed by atoms with Crippen LogP contribution in [0.1, 0.15) is 31.9 Å². The van der Waals surface area contributed by atoms with Crippen LogP contribution in [0.25, 0.3) is 11.5 Å². The van der Waals surface area contributed by atoms with Crippen molar-refractivity contribution in [1.82, 2.24) is 15.0 Å².